The monoisotopic (exact) mass is 298 g/mol. The van der Waals surface area contributed by atoms with E-state index in [0.29, 0.717) is 8.29 Å². The van der Waals surface area contributed by atoms with Crippen LogP contribution in [-0.2, 0) is 7.05 Å². The topological polar surface area (TPSA) is 44.1 Å². The Morgan fingerprint density at radius 3 is 2.61 bits per heavy atom. The van der Waals surface area contributed by atoms with Crippen molar-refractivity contribution < 1.29 is 4.74 Å². The average molecular weight is 298 g/mol. The molecule has 4 nitrogen and oxygen atoms in total. The van der Waals surface area contributed by atoms with Gasteiger partial charge in [0.25, 0.3) is 0 Å². The van der Waals surface area contributed by atoms with Gasteiger partial charge in [0.05, 0.1) is 7.11 Å². The smallest absolute Gasteiger partial charge is 0.350 e. The van der Waals surface area contributed by atoms with Crippen molar-refractivity contribution in [1.82, 2.24) is 9.55 Å². The van der Waals surface area contributed by atoms with Crippen molar-refractivity contribution in [3.05, 3.63) is 38.7 Å². The van der Waals surface area contributed by atoms with Crippen LogP contribution in [0.3, 0.4) is 0 Å². The van der Waals surface area contributed by atoms with Gasteiger partial charge in [-0.2, -0.15) is 4.98 Å². The van der Waals surface area contributed by atoms with E-state index in [1.807, 2.05) is 24.3 Å². The van der Waals surface area contributed by atoms with Gasteiger partial charge in [0.1, 0.15) is 5.75 Å². The molecule has 0 saturated carbocycles. The summed E-state index contributed by atoms with van der Waals surface area (Å²) in [7, 11) is 3.24. The summed E-state index contributed by atoms with van der Waals surface area (Å²) in [6.07, 6.45) is 0. The third-order valence-electron chi connectivity index (χ3n) is 2.19. The van der Waals surface area contributed by atoms with E-state index in [1.54, 1.807) is 14.2 Å². The van der Waals surface area contributed by atoms with Crippen LogP contribution in [0.5, 0.6) is 5.75 Å². The molecule has 0 aliphatic rings. The summed E-state index contributed by atoms with van der Waals surface area (Å²) in [6.45, 7) is 0. The fraction of sp³-hybridized carbons (Fsp3) is 0.182. The Kier molecular flexibility index (Phi) is 4.15. The molecule has 1 heterocycles. The van der Waals surface area contributed by atoms with E-state index in [9.17, 15) is 4.79 Å². The van der Waals surface area contributed by atoms with Crippen LogP contribution in [0.1, 0.15) is 0 Å². The van der Waals surface area contributed by atoms with Crippen LogP contribution in [0, 0.1) is 3.95 Å². The molecule has 0 radical (unpaired) electrons. The van der Waals surface area contributed by atoms with Crippen molar-refractivity contribution in [2.45, 2.75) is 9.24 Å². The van der Waals surface area contributed by atoms with Crippen molar-refractivity contribution in [3.8, 4) is 5.75 Å². The van der Waals surface area contributed by atoms with Crippen LogP contribution >= 0.6 is 35.3 Å². The van der Waals surface area contributed by atoms with E-state index >= 15 is 0 Å². The van der Waals surface area contributed by atoms with E-state index in [0.717, 1.165) is 10.6 Å². The Hall–Kier alpha value is -1.18. The molecular weight excluding hydrogens is 288 g/mol. The van der Waals surface area contributed by atoms with Gasteiger partial charge in [-0.3, -0.25) is 4.57 Å². The minimum atomic E-state index is -0.324. The quantitative estimate of drug-likeness (QED) is 0.815. The number of benzene rings is 1. The molecule has 2 aromatic rings. The Morgan fingerprint density at radius 2 is 2.06 bits per heavy atom. The van der Waals surface area contributed by atoms with Crippen LogP contribution in [0.2, 0.25) is 0 Å². The molecule has 1 aromatic carbocycles. The maximum Gasteiger partial charge on any atom is 0.350 e. The molecule has 0 aliphatic heterocycles. The minimum absolute atomic E-state index is 0.324. The van der Waals surface area contributed by atoms with Crippen LogP contribution in [0.15, 0.2) is 38.3 Å². The number of ether oxygens (including phenoxy) is 1. The van der Waals surface area contributed by atoms with Crippen LogP contribution < -0.4 is 10.4 Å². The number of rotatable bonds is 3. The summed E-state index contributed by atoms with van der Waals surface area (Å²) < 4.78 is 7.61. The lowest BCUT2D eigenvalue weighted by Gasteiger charge is -2.02. The van der Waals surface area contributed by atoms with Gasteiger partial charge in [-0.15, -0.1) is 0 Å². The van der Waals surface area contributed by atoms with Gasteiger partial charge in [0.2, 0.25) is 0 Å². The van der Waals surface area contributed by atoms with Crippen molar-refractivity contribution in [3.63, 3.8) is 0 Å². The fourth-order valence-corrected chi connectivity index (χ4v) is 3.44. The number of hydrogen-bond acceptors (Lipinski definition) is 6. The molecule has 18 heavy (non-hydrogen) atoms. The molecule has 1 aromatic heterocycles. The van der Waals surface area contributed by atoms with Gasteiger partial charge in [-0.1, -0.05) is 23.1 Å². The summed E-state index contributed by atoms with van der Waals surface area (Å²) in [5, 5.41) is 0. The van der Waals surface area contributed by atoms with Crippen LogP contribution in [0.4, 0.5) is 0 Å². The SMILES string of the molecule is COc1ccc(Sc2nc(=O)n(C)c(=S)s2)cc1. The highest BCUT2D eigenvalue weighted by Crippen LogP contribution is 2.29. The first-order valence-corrected chi connectivity index (χ1v) is 7.04. The predicted molar refractivity (Wildman–Crippen MR) is 75.3 cm³/mol. The lowest BCUT2D eigenvalue weighted by atomic mass is 10.3. The second-order valence-corrected chi connectivity index (χ2v) is 6.31. The number of aromatic nitrogens is 2. The number of nitrogens with zero attached hydrogens (tertiary/aromatic N) is 2. The van der Waals surface area contributed by atoms with Gasteiger partial charge in [-0.05, 0) is 36.5 Å². The van der Waals surface area contributed by atoms with Crippen LogP contribution in [-0.4, -0.2) is 16.7 Å². The molecule has 0 atom stereocenters. The van der Waals surface area contributed by atoms with Crippen LogP contribution in [0.25, 0.3) is 0 Å². The minimum Gasteiger partial charge on any atom is -0.497 e. The van der Waals surface area contributed by atoms with Crippen molar-refractivity contribution in [2.24, 2.45) is 7.05 Å². The molecule has 94 valence electrons. The average Bonchev–Trinajstić information content (AvgIpc) is 2.37. The molecule has 0 amide bonds. The van der Waals surface area contributed by atoms with Gasteiger partial charge >= 0.3 is 5.69 Å². The lowest BCUT2D eigenvalue weighted by molar-refractivity contribution is 0.414. The summed E-state index contributed by atoms with van der Waals surface area (Å²) in [6, 6.07) is 7.56. The molecule has 0 aliphatic carbocycles. The zero-order chi connectivity index (χ0) is 13.1. The van der Waals surface area contributed by atoms with E-state index in [2.05, 4.69) is 4.98 Å². The number of hydrogen-bond donors (Lipinski definition) is 0. The first kappa shape index (κ1) is 13.3. The first-order chi connectivity index (χ1) is 8.60. The molecule has 7 heteroatoms. The Morgan fingerprint density at radius 1 is 1.39 bits per heavy atom. The van der Waals surface area contributed by atoms with Gasteiger partial charge in [-0.25, -0.2) is 4.79 Å². The normalized spacial score (nSPS) is 10.3. The van der Waals surface area contributed by atoms with E-state index in [1.165, 1.54) is 27.7 Å². The molecule has 0 bridgehead atoms. The molecule has 0 unspecified atom stereocenters. The molecule has 2 rings (SSSR count). The largest absolute Gasteiger partial charge is 0.497 e. The standard InChI is InChI=1S/C11H10N2O2S3/c1-13-9(14)12-10(18-11(13)16)17-8-5-3-7(15-2)4-6-8/h3-6H,1-2H3. The number of methoxy groups -OCH3 is 1. The predicted octanol–water partition coefficient (Wildman–Crippen LogP) is 2.73. The summed E-state index contributed by atoms with van der Waals surface area (Å²) in [5.74, 6) is 0.795. The van der Waals surface area contributed by atoms with Crippen molar-refractivity contribution in [1.29, 1.82) is 0 Å². The zero-order valence-electron chi connectivity index (χ0n) is 9.75. The second-order valence-electron chi connectivity index (χ2n) is 3.36. The third kappa shape index (κ3) is 2.98. The summed E-state index contributed by atoms with van der Waals surface area (Å²) in [4.78, 5) is 16.5. The Balaban J connectivity index is 2.28. The Bertz CT molecular complexity index is 630. The fourth-order valence-electron chi connectivity index (χ4n) is 1.19. The Labute approximate surface area is 117 Å². The maximum atomic E-state index is 11.5. The van der Waals surface area contributed by atoms with Gasteiger partial charge < -0.3 is 4.74 Å². The molecule has 0 N–H and O–H groups in total. The van der Waals surface area contributed by atoms with E-state index in [-0.39, 0.29) is 5.69 Å². The highest BCUT2D eigenvalue weighted by Gasteiger charge is 2.04. The summed E-state index contributed by atoms with van der Waals surface area (Å²) in [5.41, 5.74) is -0.324. The molecule has 0 spiro atoms. The maximum absolute atomic E-state index is 11.5. The lowest BCUT2D eigenvalue weighted by Crippen LogP contribution is -2.19. The molecular formula is C11H10N2O2S3. The zero-order valence-corrected chi connectivity index (χ0v) is 12.2. The third-order valence-corrected chi connectivity index (χ3v) is 4.70. The van der Waals surface area contributed by atoms with E-state index < -0.39 is 0 Å². The molecule has 0 saturated heterocycles. The highest BCUT2D eigenvalue weighted by atomic mass is 32.2. The van der Waals surface area contributed by atoms with Crippen molar-refractivity contribution >= 4 is 35.3 Å². The van der Waals surface area contributed by atoms with Gasteiger partial charge in [0, 0.05) is 11.9 Å². The molecule has 0 fully saturated rings. The van der Waals surface area contributed by atoms with E-state index in [4.69, 9.17) is 17.0 Å². The first-order valence-electron chi connectivity index (χ1n) is 5.00. The van der Waals surface area contributed by atoms with Gasteiger partial charge in [0.15, 0.2) is 8.29 Å². The highest BCUT2D eigenvalue weighted by molar-refractivity contribution is 8.01. The second kappa shape index (κ2) is 5.64. The van der Waals surface area contributed by atoms with Crippen molar-refractivity contribution in [2.75, 3.05) is 7.11 Å². The summed E-state index contributed by atoms with van der Waals surface area (Å²) >= 11 is 7.83.